The lowest BCUT2D eigenvalue weighted by atomic mass is 9.71. The molecule has 1 aromatic carbocycles. The third-order valence-electron chi connectivity index (χ3n) is 5.72. The van der Waals surface area contributed by atoms with Crippen LogP contribution in [0.25, 0.3) is 0 Å². The average molecular weight is 397 g/mol. The molecule has 1 aliphatic heterocycles. The summed E-state index contributed by atoms with van der Waals surface area (Å²) in [4.78, 5) is 11.2. The minimum atomic E-state index is -1.79. The number of carboxylic acid groups (broad SMARTS) is 1. The number of aliphatic hydroxyl groups is 4. The number of ether oxygens (including phenoxy) is 2. The Morgan fingerprint density at radius 1 is 1.21 bits per heavy atom. The number of benzene rings is 1. The highest BCUT2D eigenvalue weighted by molar-refractivity contribution is 5.73. The van der Waals surface area contributed by atoms with E-state index in [1.807, 2.05) is 0 Å². The second-order valence-corrected chi connectivity index (χ2v) is 7.48. The maximum Gasteiger partial charge on any atom is 0.335 e. The predicted octanol–water partition coefficient (Wildman–Crippen LogP) is -0.706. The molecule has 2 aliphatic rings. The number of hydrogen-bond donors (Lipinski definition) is 6. The molecule has 1 heterocycles. The van der Waals surface area contributed by atoms with Gasteiger partial charge in [0, 0.05) is 5.92 Å². The summed E-state index contributed by atoms with van der Waals surface area (Å²) in [5.41, 5.74) is 5.35. The maximum absolute atomic E-state index is 11.2. The normalized spacial score (nSPS) is 38.8. The molecule has 0 spiro atoms. The fourth-order valence-electron chi connectivity index (χ4n) is 4.04. The molecule has 0 amide bonds. The molecule has 0 bridgehead atoms. The van der Waals surface area contributed by atoms with Gasteiger partial charge < -0.3 is 40.7 Å². The molecular formula is C19H27NO8. The molecule has 1 aliphatic carbocycles. The van der Waals surface area contributed by atoms with E-state index in [1.54, 1.807) is 24.3 Å². The highest BCUT2D eigenvalue weighted by Gasteiger charge is 2.48. The van der Waals surface area contributed by atoms with E-state index in [4.69, 9.17) is 20.3 Å². The van der Waals surface area contributed by atoms with E-state index in [0.29, 0.717) is 18.5 Å². The Hall–Kier alpha value is -1.75. The molecule has 7 atom stereocenters. The largest absolute Gasteiger partial charge is 0.479 e. The van der Waals surface area contributed by atoms with Crippen LogP contribution in [0.15, 0.2) is 24.3 Å². The molecule has 9 nitrogen and oxygen atoms in total. The van der Waals surface area contributed by atoms with E-state index >= 15 is 0 Å². The van der Waals surface area contributed by atoms with Crippen molar-refractivity contribution in [2.24, 2.45) is 11.7 Å². The zero-order valence-electron chi connectivity index (χ0n) is 15.3. The fourth-order valence-corrected chi connectivity index (χ4v) is 4.04. The molecule has 28 heavy (non-hydrogen) atoms. The molecule has 7 N–H and O–H groups in total. The Kier molecular flexibility index (Phi) is 6.23. The SMILES string of the molecule is NC[C@@H]1CCCC[C@@]1(O)c1cccc(O[C@@H]2O[C@H](C(=O)O)[C@@H](O)[C@H](O)[C@H]2O)c1. The molecule has 1 saturated heterocycles. The number of aliphatic carboxylic acids is 1. The average Bonchev–Trinajstić information content (AvgIpc) is 2.68. The minimum Gasteiger partial charge on any atom is -0.479 e. The molecule has 3 rings (SSSR count). The number of rotatable bonds is 5. The summed E-state index contributed by atoms with van der Waals surface area (Å²) in [6.45, 7) is 0.344. The van der Waals surface area contributed by atoms with Gasteiger partial charge in [-0.3, -0.25) is 0 Å². The summed E-state index contributed by atoms with van der Waals surface area (Å²) in [6.07, 6.45) is -5.17. The number of carboxylic acids is 1. The summed E-state index contributed by atoms with van der Waals surface area (Å²) < 4.78 is 10.7. The summed E-state index contributed by atoms with van der Waals surface area (Å²) in [5.74, 6) is -1.35. The van der Waals surface area contributed by atoms with Gasteiger partial charge in [-0.2, -0.15) is 0 Å². The smallest absolute Gasteiger partial charge is 0.335 e. The van der Waals surface area contributed by atoms with Gasteiger partial charge in [-0.15, -0.1) is 0 Å². The van der Waals surface area contributed by atoms with Gasteiger partial charge >= 0.3 is 5.97 Å². The van der Waals surface area contributed by atoms with Crippen LogP contribution in [0.5, 0.6) is 5.75 Å². The first-order chi connectivity index (χ1) is 13.3. The summed E-state index contributed by atoms with van der Waals surface area (Å²) in [6, 6.07) is 6.59. The molecule has 0 aromatic heterocycles. The molecule has 1 saturated carbocycles. The molecule has 0 unspecified atom stereocenters. The lowest BCUT2D eigenvalue weighted by Gasteiger charge is -2.40. The van der Waals surface area contributed by atoms with Gasteiger partial charge in [0.1, 0.15) is 24.1 Å². The van der Waals surface area contributed by atoms with Crippen LogP contribution < -0.4 is 10.5 Å². The van der Waals surface area contributed by atoms with Gasteiger partial charge in [-0.25, -0.2) is 4.79 Å². The van der Waals surface area contributed by atoms with E-state index in [-0.39, 0.29) is 11.7 Å². The Morgan fingerprint density at radius 3 is 2.64 bits per heavy atom. The highest BCUT2D eigenvalue weighted by atomic mass is 16.7. The lowest BCUT2D eigenvalue weighted by molar-refractivity contribution is -0.271. The van der Waals surface area contributed by atoms with Crippen LogP contribution in [0.4, 0.5) is 0 Å². The Bertz CT molecular complexity index is 700. The minimum absolute atomic E-state index is 0.0959. The quantitative estimate of drug-likeness (QED) is 0.377. The molecule has 1 aromatic rings. The van der Waals surface area contributed by atoms with Crippen molar-refractivity contribution in [3.8, 4) is 5.75 Å². The number of nitrogens with two attached hydrogens (primary N) is 1. The predicted molar refractivity (Wildman–Crippen MR) is 96.3 cm³/mol. The van der Waals surface area contributed by atoms with Crippen molar-refractivity contribution in [3.63, 3.8) is 0 Å². The van der Waals surface area contributed by atoms with Crippen molar-refractivity contribution in [2.75, 3.05) is 6.54 Å². The van der Waals surface area contributed by atoms with Crippen molar-refractivity contribution in [1.82, 2.24) is 0 Å². The standard InChI is InChI=1S/C19H27NO8/c20-9-11-4-1-2-7-19(11,26)10-5-3-6-12(8-10)27-18-15(23)13(21)14(22)16(28-18)17(24)25/h3,5-6,8,11,13-16,18,21-23,26H,1-2,4,7,9,20H2,(H,24,25)/t11-,13-,14-,15+,16-,18+,19+/m0/s1. The Labute approximate surface area is 162 Å². The van der Waals surface area contributed by atoms with E-state index in [9.17, 15) is 25.2 Å². The Balaban J connectivity index is 1.81. The van der Waals surface area contributed by atoms with Crippen LogP contribution in [0, 0.1) is 5.92 Å². The van der Waals surface area contributed by atoms with Crippen molar-refractivity contribution >= 4 is 5.97 Å². The van der Waals surface area contributed by atoms with Crippen LogP contribution in [-0.4, -0.2) is 68.8 Å². The van der Waals surface area contributed by atoms with E-state index in [1.165, 1.54) is 0 Å². The van der Waals surface area contributed by atoms with Crippen molar-refractivity contribution < 1.29 is 39.8 Å². The summed E-state index contributed by atoms with van der Waals surface area (Å²) >= 11 is 0. The van der Waals surface area contributed by atoms with E-state index in [0.717, 1.165) is 19.3 Å². The van der Waals surface area contributed by atoms with Crippen molar-refractivity contribution in [3.05, 3.63) is 29.8 Å². The topological polar surface area (TPSA) is 163 Å². The van der Waals surface area contributed by atoms with Crippen molar-refractivity contribution in [2.45, 2.75) is 62.0 Å². The number of hydrogen-bond acceptors (Lipinski definition) is 8. The van der Waals surface area contributed by atoms with Crippen LogP contribution >= 0.6 is 0 Å². The third-order valence-corrected chi connectivity index (χ3v) is 5.72. The zero-order valence-corrected chi connectivity index (χ0v) is 15.3. The van der Waals surface area contributed by atoms with Crippen molar-refractivity contribution in [1.29, 1.82) is 0 Å². The monoisotopic (exact) mass is 397 g/mol. The first-order valence-corrected chi connectivity index (χ1v) is 9.40. The lowest BCUT2D eigenvalue weighted by Crippen LogP contribution is -2.61. The zero-order chi connectivity index (χ0) is 20.5. The first kappa shape index (κ1) is 21.0. The number of carbonyl (C=O) groups is 1. The molecular weight excluding hydrogens is 370 g/mol. The van der Waals surface area contributed by atoms with E-state index < -0.39 is 42.3 Å². The summed E-state index contributed by atoms with van der Waals surface area (Å²) in [5, 5.41) is 50.1. The molecule has 9 heteroatoms. The summed E-state index contributed by atoms with van der Waals surface area (Å²) in [7, 11) is 0. The maximum atomic E-state index is 11.2. The molecule has 156 valence electrons. The van der Waals surface area contributed by atoms with Gasteiger partial charge in [-0.05, 0) is 37.1 Å². The Morgan fingerprint density at radius 2 is 1.96 bits per heavy atom. The number of aliphatic hydroxyl groups excluding tert-OH is 3. The van der Waals surface area contributed by atoms with Crippen LogP contribution in [0.2, 0.25) is 0 Å². The second kappa shape index (κ2) is 8.32. The molecule has 0 radical (unpaired) electrons. The fraction of sp³-hybridized carbons (Fsp3) is 0.632. The highest BCUT2D eigenvalue weighted by Crippen LogP contribution is 2.42. The first-order valence-electron chi connectivity index (χ1n) is 9.40. The van der Waals surface area contributed by atoms with Gasteiger partial charge in [0.05, 0.1) is 5.60 Å². The van der Waals surface area contributed by atoms with E-state index in [2.05, 4.69) is 0 Å². The van der Waals surface area contributed by atoms with Gasteiger partial charge in [0.2, 0.25) is 6.29 Å². The second-order valence-electron chi connectivity index (χ2n) is 7.48. The van der Waals surface area contributed by atoms with Gasteiger partial charge in [-0.1, -0.05) is 25.0 Å². The molecule has 2 fully saturated rings. The third kappa shape index (κ3) is 3.86. The van der Waals surface area contributed by atoms with Gasteiger partial charge in [0.25, 0.3) is 0 Å². The van der Waals surface area contributed by atoms with Crippen LogP contribution in [0.1, 0.15) is 31.2 Å². The van der Waals surface area contributed by atoms with Gasteiger partial charge in [0.15, 0.2) is 6.10 Å². The van der Waals surface area contributed by atoms with Crippen LogP contribution in [-0.2, 0) is 15.1 Å². The van der Waals surface area contributed by atoms with Crippen LogP contribution in [0.3, 0.4) is 0 Å².